The number of piperidine rings is 1. The number of likely N-dealkylation sites (tertiary alicyclic amines) is 1. The highest BCUT2D eigenvalue weighted by Gasteiger charge is 2.27. The molecule has 1 aromatic heterocycles. The van der Waals surface area contributed by atoms with Gasteiger partial charge in [0.2, 0.25) is 5.91 Å². The number of benzene rings is 2. The summed E-state index contributed by atoms with van der Waals surface area (Å²) < 4.78 is 8.05. The van der Waals surface area contributed by atoms with Gasteiger partial charge in [-0.1, -0.05) is 24.3 Å². The summed E-state index contributed by atoms with van der Waals surface area (Å²) in [5.41, 5.74) is 9.71. The number of nitrogens with zero attached hydrogens (tertiary/aromatic N) is 3. The zero-order chi connectivity index (χ0) is 24.9. The smallest absolute Gasteiger partial charge is 0.264 e. The summed E-state index contributed by atoms with van der Waals surface area (Å²) in [7, 11) is 0. The topological polar surface area (TPSA) is 101 Å². The summed E-state index contributed by atoms with van der Waals surface area (Å²) in [5, 5.41) is 10.7. The molecule has 4 rings (SSSR count). The van der Waals surface area contributed by atoms with Crippen LogP contribution in [-0.4, -0.2) is 41.0 Å². The molecule has 2 amide bonds. The molecule has 35 heavy (non-hydrogen) atoms. The predicted molar refractivity (Wildman–Crippen MR) is 135 cm³/mol. The van der Waals surface area contributed by atoms with Crippen molar-refractivity contribution in [2.75, 3.05) is 19.7 Å². The van der Waals surface area contributed by atoms with E-state index < -0.39 is 0 Å². The number of aromatic nitrogens is 1. The van der Waals surface area contributed by atoms with Gasteiger partial charge in [-0.2, -0.15) is 5.26 Å². The Labute approximate surface area is 205 Å². The summed E-state index contributed by atoms with van der Waals surface area (Å²) >= 11 is 0. The molecule has 0 radical (unpaired) electrons. The van der Waals surface area contributed by atoms with Gasteiger partial charge in [-0.05, 0) is 62.1 Å². The average molecular weight is 471 g/mol. The minimum Gasteiger partial charge on any atom is -0.492 e. The Balaban J connectivity index is 1.51. The largest absolute Gasteiger partial charge is 0.492 e. The van der Waals surface area contributed by atoms with E-state index in [1.54, 1.807) is 11.0 Å². The Morgan fingerprint density at radius 3 is 2.57 bits per heavy atom. The third-order valence-corrected chi connectivity index (χ3v) is 6.73. The number of hydrogen-bond donors (Lipinski definition) is 1. The number of aryl methyl sites for hydroxylation is 2. The first kappa shape index (κ1) is 24.1. The van der Waals surface area contributed by atoms with Gasteiger partial charge in [0.25, 0.3) is 5.91 Å². The lowest BCUT2D eigenvalue weighted by molar-refractivity contribution is -0.131. The lowest BCUT2D eigenvalue weighted by Crippen LogP contribution is -2.42. The summed E-state index contributed by atoms with van der Waals surface area (Å²) in [6.07, 6.45) is 4.67. The molecule has 0 bridgehead atoms. The number of amides is 2. The summed E-state index contributed by atoms with van der Waals surface area (Å²) in [5.74, 6) is -0.0208. The number of para-hydroxylation sites is 1. The van der Waals surface area contributed by atoms with Crippen LogP contribution in [0.3, 0.4) is 0 Å². The van der Waals surface area contributed by atoms with Crippen molar-refractivity contribution in [3.8, 4) is 11.8 Å². The highest BCUT2D eigenvalue weighted by atomic mass is 16.5. The SMILES string of the molecule is Cc1ccc(OCCn2cc(/C=C(\C#N)C(=O)N3CCC(C(N)=O)CC3)c3ccccc32)cc1C. The average Bonchev–Trinajstić information content (AvgIpc) is 3.21. The molecule has 3 aromatic rings. The van der Waals surface area contributed by atoms with E-state index in [0.29, 0.717) is 39.1 Å². The minimum atomic E-state index is -0.331. The number of fused-ring (bicyclic) bond motifs is 1. The van der Waals surface area contributed by atoms with Gasteiger partial charge in [0, 0.05) is 41.7 Å². The molecule has 1 saturated heterocycles. The van der Waals surface area contributed by atoms with Gasteiger partial charge in [-0.15, -0.1) is 0 Å². The molecule has 1 fully saturated rings. The van der Waals surface area contributed by atoms with Crippen molar-refractivity contribution < 1.29 is 14.3 Å². The van der Waals surface area contributed by atoms with Gasteiger partial charge >= 0.3 is 0 Å². The highest BCUT2D eigenvalue weighted by Crippen LogP contribution is 2.25. The van der Waals surface area contributed by atoms with Gasteiger partial charge in [-0.25, -0.2) is 0 Å². The van der Waals surface area contributed by atoms with Crippen LogP contribution in [0.25, 0.3) is 17.0 Å². The van der Waals surface area contributed by atoms with Crippen molar-refractivity contribution in [2.24, 2.45) is 11.7 Å². The van der Waals surface area contributed by atoms with Crippen LogP contribution in [0.15, 0.2) is 54.2 Å². The normalized spacial score (nSPS) is 14.7. The number of primary amides is 1. The third kappa shape index (κ3) is 5.38. The molecule has 2 N–H and O–H groups in total. The van der Waals surface area contributed by atoms with Gasteiger partial charge in [0.1, 0.15) is 24.0 Å². The van der Waals surface area contributed by atoms with Gasteiger partial charge in [-0.3, -0.25) is 9.59 Å². The van der Waals surface area contributed by atoms with Crippen molar-refractivity contribution in [1.29, 1.82) is 5.26 Å². The number of nitrogens with two attached hydrogens (primary N) is 1. The molecule has 2 aromatic carbocycles. The summed E-state index contributed by atoms with van der Waals surface area (Å²) in [6.45, 7) is 6.09. The van der Waals surface area contributed by atoms with Crippen molar-refractivity contribution >= 4 is 28.8 Å². The molecule has 2 heterocycles. The Morgan fingerprint density at radius 1 is 1.14 bits per heavy atom. The lowest BCUT2D eigenvalue weighted by Gasteiger charge is -2.30. The predicted octanol–water partition coefficient (Wildman–Crippen LogP) is 3.97. The molecule has 0 saturated carbocycles. The quantitative estimate of drug-likeness (QED) is 0.417. The van der Waals surface area contributed by atoms with Crippen LogP contribution in [0.1, 0.15) is 29.5 Å². The molecule has 0 spiro atoms. The van der Waals surface area contributed by atoms with Crippen LogP contribution in [-0.2, 0) is 16.1 Å². The van der Waals surface area contributed by atoms with E-state index in [9.17, 15) is 14.9 Å². The number of rotatable bonds is 7. The lowest BCUT2D eigenvalue weighted by atomic mass is 9.96. The first-order chi connectivity index (χ1) is 16.9. The van der Waals surface area contributed by atoms with Crippen molar-refractivity contribution in [2.45, 2.75) is 33.2 Å². The molecule has 7 nitrogen and oxygen atoms in total. The zero-order valence-corrected chi connectivity index (χ0v) is 20.2. The first-order valence-electron chi connectivity index (χ1n) is 11.9. The van der Waals surface area contributed by atoms with E-state index in [4.69, 9.17) is 10.5 Å². The Hall–Kier alpha value is -4.05. The molecular formula is C28H30N4O3. The number of ether oxygens (including phenoxy) is 1. The monoisotopic (exact) mass is 470 g/mol. The summed E-state index contributed by atoms with van der Waals surface area (Å²) in [6, 6.07) is 16.1. The van der Waals surface area contributed by atoms with E-state index in [1.807, 2.05) is 42.6 Å². The number of carbonyl (C=O) groups is 2. The number of nitriles is 1. The molecule has 180 valence electrons. The van der Waals surface area contributed by atoms with E-state index in [1.165, 1.54) is 11.1 Å². The maximum atomic E-state index is 13.0. The second-order valence-corrected chi connectivity index (χ2v) is 9.03. The summed E-state index contributed by atoms with van der Waals surface area (Å²) in [4.78, 5) is 26.1. The fourth-order valence-electron chi connectivity index (χ4n) is 4.48. The molecule has 0 aliphatic carbocycles. The number of carbonyl (C=O) groups excluding carboxylic acids is 2. The van der Waals surface area contributed by atoms with Crippen molar-refractivity contribution in [3.63, 3.8) is 0 Å². The zero-order valence-electron chi connectivity index (χ0n) is 20.2. The van der Waals surface area contributed by atoms with Crippen LogP contribution >= 0.6 is 0 Å². The van der Waals surface area contributed by atoms with Gasteiger partial charge in [0.15, 0.2) is 0 Å². The van der Waals surface area contributed by atoms with Crippen LogP contribution in [0.5, 0.6) is 5.75 Å². The molecule has 0 atom stereocenters. The van der Waals surface area contributed by atoms with Crippen LogP contribution < -0.4 is 10.5 Å². The second-order valence-electron chi connectivity index (χ2n) is 9.03. The second kappa shape index (κ2) is 10.5. The minimum absolute atomic E-state index is 0.0804. The van der Waals surface area contributed by atoms with Crippen molar-refractivity contribution in [1.82, 2.24) is 9.47 Å². The number of hydrogen-bond acceptors (Lipinski definition) is 4. The fourth-order valence-corrected chi connectivity index (χ4v) is 4.48. The van der Waals surface area contributed by atoms with Crippen molar-refractivity contribution in [3.05, 3.63) is 70.9 Å². The van der Waals surface area contributed by atoms with Crippen LogP contribution in [0.4, 0.5) is 0 Å². The molecule has 1 aliphatic rings. The molecule has 7 heteroatoms. The molecule has 1 aliphatic heterocycles. The third-order valence-electron chi connectivity index (χ3n) is 6.73. The molecule has 0 unspecified atom stereocenters. The van der Waals surface area contributed by atoms with Crippen LogP contribution in [0.2, 0.25) is 0 Å². The van der Waals surface area contributed by atoms with E-state index in [2.05, 4.69) is 30.6 Å². The van der Waals surface area contributed by atoms with Gasteiger partial charge in [0.05, 0.1) is 6.54 Å². The Kier molecular flexibility index (Phi) is 7.21. The Morgan fingerprint density at radius 2 is 1.89 bits per heavy atom. The highest BCUT2D eigenvalue weighted by molar-refractivity contribution is 6.04. The maximum Gasteiger partial charge on any atom is 0.264 e. The molecular weight excluding hydrogens is 440 g/mol. The van der Waals surface area contributed by atoms with E-state index in [-0.39, 0.29) is 23.3 Å². The van der Waals surface area contributed by atoms with Crippen LogP contribution in [0, 0.1) is 31.1 Å². The van der Waals surface area contributed by atoms with E-state index >= 15 is 0 Å². The fraction of sp³-hybridized carbons (Fsp3) is 0.321. The maximum absolute atomic E-state index is 13.0. The standard InChI is InChI=1S/C28H30N4O3/c1-19-7-8-24(15-20(19)2)35-14-13-32-18-23(25-5-3-4-6-26(25)32)16-22(17-29)28(34)31-11-9-21(10-12-31)27(30)33/h3-8,15-16,18,21H,9-14H2,1-2H3,(H2,30,33)/b22-16+. The first-order valence-corrected chi connectivity index (χ1v) is 11.9. The Bertz CT molecular complexity index is 1320. The van der Waals surface area contributed by atoms with E-state index in [0.717, 1.165) is 22.2 Å². The van der Waals surface area contributed by atoms with Gasteiger partial charge < -0.3 is 19.9 Å².